The Balaban J connectivity index is 1.57. The van der Waals surface area contributed by atoms with E-state index in [0.717, 1.165) is 17.1 Å². The number of ether oxygens (including phenoxy) is 2. The molecular formula is C17H22N4O3. The third kappa shape index (κ3) is 3.79. The first-order chi connectivity index (χ1) is 11.7. The molecule has 0 fully saturated rings. The average molecular weight is 330 g/mol. The molecule has 1 aliphatic rings. The second kappa shape index (κ2) is 7.25. The minimum absolute atomic E-state index is 0.0116. The zero-order valence-electron chi connectivity index (χ0n) is 13.9. The van der Waals surface area contributed by atoms with Crippen LogP contribution in [0.1, 0.15) is 19.4 Å². The first-order valence-electron chi connectivity index (χ1n) is 8.05. The van der Waals surface area contributed by atoms with Gasteiger partial charge in [-0.15, -0.1) is 0 Å². The summed E-state index contributed by atoms with van der Waals surface area (Å²) in [5, 5.41) is 3.02. The summed E-state index contributed by atoms with van der Waals surface area (Å²) in [4.78, 5) is 18.3. The van der Waals surface area contributed by atoms with Gasteiger partial charge in [-0.1, -0.05) is 6.07 Å². The van der Waals surface area contributed by atoms with E-state index in [4.69, 9.17) is 9.47 Å². The quantitative estimate of drug-likeness (QED) is 0.882. The van der Waals surface area contributed by atoms with Gasteiger partial charge in [0.2, 0.25) is 6.79 Å². The maximum atomic E-state index is 12.5. The van der Waals surface area contributed by atoms with E-state index in [2.05, 4.69) is 10.3 Å². The van der Waals surface area contributed by atoms with Crippen LogP contribution in [0, 0.1) is 0 Å². The number of nitrogens with one attached hydrogen (secondary N) is 1. The topological polar surface area (TPSA) is 68.6 Å². The molecule has 0 spiro atoms. The fourth-order valence-electron chi connectivity index (χ4n) is 2.65. The number of amides is 2. The summed E-state index contributed by atoms with van der Waals surface area (Å²) in [5.41, 5.74) is 1.01. The van der Waals surface area contributed by atoms with Crippen LogP contribution in [-0.4, -0.2) is 39.9 Å². The number of aromatic nitrogens is 2. The summed E-state index contributed by atoms with van der Waals surface area (Å²) in [6.45, 7) is 6.03. The zero-order chi connectivity index (χ0) is 16.9. The zero-order valence-corrected chi connectivity index (χ0v) is 13.9. The van der Waals surface area contributed by atoms with Crippen LogP contribution in [0.25, 0.3) is 0 Å². The van der Waals surface area contributed by atoms with Gasteiger partial charge in [0, 0.05) is 38.1 Å². The van der Waals surface area contributed by atoms with Crippen LogP contribution in [0.15, 0.2) is 36.9 Å². The van der Waals surface area contributed by atoms with E-state index in [1.165, 1.54) is 0 Å². The summed E-state index contributed by atoms with van der Waals surface area (Å²) >= 11 is 0. The second-order valence-electron chi connectivity index (χ2n) is 5.81. The molecule has 0 aliphatic carbocycles. The Kier molecular flexibility index (Phi) is 4.88. The molecule has 3 rings (SSSR count). The molecule has 0 unspecified atom stereocenters. The SMILES string of the molecule is CCN(Cc1ccc2c(c1)OCO2)C(=O)N[C@H](C)Cn1ccnc1. The van der Waals surface area contributed by atoms with Crippen LogP contribution >= 0.6 is 0 Å². The number of imidazole rings is 1. The normalized spacial score (nSPS) is 13.6. The van der Waals surface area contributed by atoms with Crippen LogP contribution in [0.5, 0.6) is 11.5 Å². The molecular weight excluding hydrogens is 308 g/mol. The Morgan fingerprint density at radius 3 is 3.00 bits per heavy atom. The first-order valence-corrected chi connectivity index (χ1v) is 8.05. The van der Waals surface area contributed by atoms with Crippen molar-refractivity contribution in [2.45, 2.75) is 33.0 Å². The van der Waals surface area contributed by atoms with Gasteiger partial charge in [-0.25, -0.2) is 9.78 Å². The van der Waals surface area contributed by atoms with Crippen LogP contribution in [0.4, 0.5) is 4.79 Å². The molecule has 1 atom stereocenters. The molecule has 1 N–H and O–H groups in total. The molecule has 1 aliphatic heterocycles. The molecule has 128 valence electrons. The highest BCUT2D eigenvalue weighted by molar-refractivity contribution is 5.74. The molecule has 2 amide bonds. The third-order valence-corrected chi connectivity index (χ3v) is 3.89. The highest BCUT2D eigenvalue weighted by Gasteiger charge is 2.17. The Labute approximate surface area is 141 Å². The van der Waals surface area contributed by atoms with Gasteiger partial charge in [0.1, 0.15) is 0 Å². The lowest BCUT2D eigenvalue weighted by Gasteiger charge is -2.24. The Morgan fingerprint density at radius 2 is 2.25 bits per heavy atom. The van der Waals surface area contributed by atoms with Gasteiger partial charge in [-0.2, -0.15) is 0 Å². The number of carbonyl (C=O) groups excluding carboxylic acids is 1. The lowest BCUT2D eigenvalue weighted by molar-refractivity contribution is 0.173. The molecule has 2 heterocycles. The van der Waals surface area contributed by atoms with E-state index in [9.17, 15) is 4.79 Å². The maximum Gasteiger partial charge on any atom is 0.317 e. The third-order valence-electron chi connectivity index (χ3n) is 3.89. The van der Waals surface area contributed by atoms with Gasteiger partial charge in [0.25, 0.3) is 0 Å². The highest BCUT2D eigenvalue weighted by Crippen LogP contribution is 2.32. The lowest BCUT2D eigenvalue weighted by atomic mass is 10.2. The molecule has 0 bridgehead atoms. The van der Waals surface area contributed by atoms with Crippen molar-refractivity contribution in [3.8, 4) is 11.5 Å². The van der Waals surface area contributed by atoms with E-state index >= 15 is 0 Å². The van der Waals surface area contributed by atoms with Gasteiger partial charge in [-0.3, -0.25) is 0 Å². The maximum absolute atomic E-state index is 12.5. The van der Waals surface area contributed by atoms with E-state index in [0.29, 0.717) is 19.6 Å². The van der Waals surface area contributed by atoms with Crippen molar-refractivity contribution in [2.24, 2.45) is 0 Å². The van der Waals surface area contributed by atoms with Gasteiger partial charge in [0.05, 0.1) is 6.33 Å². The number of fused-ring (bicyclic) bond motifs is 1. The molecule has 1 aromatic carbocycles. The van der Waals surface area contributed by atoms with Crippen LogP contribution < -0.4 is 14.8 Å². The molecule has 24 heavy (non-hydrogen) atoms. The minimum atomic E-state index is -0.0808. The van der Waals surface area contributed by atoms with E-state index in [1.807, 2.05) is 42.8 Å². The average Bonchev–Trinajstić information content (AvgIpc) is 3.23. The Morgan fingerprint density at radius 1 is 1.42 bits per heavy atom. The number of hydrogen-bond acceptors (Lipinski definition) is 4. The van der Waals surface area contributed by atoms with Gasteiger partial charge in [-0.05, 0) is 31.5 Å². The van der Waals surface area contributed by atoms with Crippen LogP contribution in [0.3, 0.4) is 0 Å². The van der Waals surface area contributed by atoms with Crippen molar-refractivity contribution in [3.05, 3.63) is 42.5 Å². The number of benzene rings is 1. The molecule has 7 heteroatoms. The summed E-state index contributed by atoms with van der Waals surface area (Å²) in [7, 11) is 0. The van der Waals surface area contributed by atoms with Gasteiger partial charge in [0.15, 0.2) is 11.5 Å². The number of hydrogen-bond donors (Lipinski definition) is 1. The van der Waals surface area contributed by atoms with Crippen molar-refractivity contribution in [1.29, 1.82) is 0 Å². The van der Waals surface area contributed by atoms with E-state index < -0.39 is 0 Å². The number of rotatable bonds is 6. The summed E-state index contributed by atoms with van der Waals surface area (Å²) in [6.07, 6.45) is 5.35. The number of carbonyl (C=O) groups is 1. The molecule has 1 aromatic heterocycles. The number of nitrogens with zero attached hydrogens (tertiary/aromatic N) is 3. The molecule has 0 saturated heterocycles. The first kappa shape index (κ1) is 16.2. The minimum Gasteiger partial charge on any atom is -0.454 e. The predicted octanol–water partition coefficient (Wildman–Crippen LogP) is 2.23. The number of urea groups is 1. The van der Waals surface area contributed by atoms with Crippen molar-refractivity contribution < 1.29 is 14.3 Å². The van der Waals surface area contributed by atoms with Gasteiger partial charge >= 0.3 is 6.03 Å². The summed E-state index contributed by atoms with van der Waals surface area (Å²) < 4.78 is 12.6. The monoisotopic (exact) mass is 330 g/mol. The predicted molar refractivity (Wildman–Crippen MR) is 88.9 cm³/mol. The fourth-order valence-corrected chi connectivity index (χ4v) is 2.65. The standard InChI is InChI=1S/C17H22N4O3/c1-3-21(10-14-4-5-15-16(8-14)24-12-23-15)17(22)19-13(2)9-20-7-6-18-11-20/h4-8,11,13H,3,9-10,12H2,1-2H3,(H,19,22)/t13-/m1/s1. The smallest absolute Gasteiger partial charge is 0.317 e. The highest BCUT2D eigenvalue weighted by atomic mass is 16.7. The second-order valence-corrected chi connectivity index (χ2v) is 5.81. The largest absolute Gasteiger partial charge is 0.454 e. The van der Waals surface area contributed by atoms with Crippen LogP contribution in [-0.2, 0) is 13.1 Å². The van der Waals surface area contributed by atoms with E-state index in [1.54, 1.807) is 17.4 Å². The molecule has 0 saturated carbocycles. The molecule has 2 aromatic rings. The van der Waals surface area contributed by atoms with Crippen LogP contribution in [0.2, 0.25) is 0 Å². The fraction of sp³-hybridized carbons (Fsp3) is 0.412. The molecule has 0 radical (unpaired) electrons. The van der Waals surface area contributed by atoms with Crippen molar-refractivity contribution in [1.82, 2.24) is 19.8 Å². The van der Waals surface area contributed by atoms with Gasteiger partial charge < -0.3 is 24.3 Å². The van der Waals surface area contributed by atoms with Crippen molar-refractivity contribution in [3.63, 3.8) is 0 Å². The van der Waals surface area contributed by atoms with Crippen molar-refractivity contribution >= 4 is 6.03 Å². The van der Waals surface area contributed by atoms with Crippen molar-refractivity contribution in [2.75, 3.05) is 13.3 Å². The summed E-state index contributed by atoms with van der Waals surface area (Å²) in [6, 6.07) is 5.69. The molecule has 7 nitrogen and oxygen atoms in total. The Bertz CT molecular complexity index is 687. The van der Waals surface area contributed by atoms with E-state index in [-0.39, 0.29) is 18.9 Å². The Hall–Kier alpha value is -2.70. The summed E-state index contributed by atoms with van der Waals surface area (Å²) in [5.74, 6) is 1.48. The lowest BCUT2D eigenvalue weighted by Crippen LogP contribution is -2.44.